The lowest BCUT2D eigenvalue weighted by Crippen LogP contribution is -2.54. The van der Waals surface area contributed by atoms with E-state index in [0.29, 0.717) is 24.3 Å². The summed E-state index contributed by atoms with van der Waals surface area (Å²) in [5.41, 5.74) is 0. The van der Waals surface area contributed by atoms with Gasteiger partial charge in [0.25, 0.3) is 0 Å². The number of ether oxygens (including phenoxy) is 1. The van der Waals surface area contributed by atoms with Crippen LogP contribution < -0.4 is 0 Å². The second-order valence-corrected chi connectivity index (χ2v) is 4.64. The Labute approximate surface area is 91.8 Å². The van der Waals surface area contributed by atoms with E-state index in [2.05, 4.69) is 4.90 Å². The van der Waals surface area contributed by atoms with Crippen LogP contribution in [0, 0.1) is 0 Å². The summed E-state index contributed by atoms with van der Waals surface area (Å²) in [6, 6.07) is 0.591. The number of ketones is 1. The Morgan fingerprint density at radius 2 is 2.33 bits per heavy atom. The van der Waals surface area contributed by atoms with E-state index in [1.165, 1.54) is 19.3 Å². The minimum absolute atomic E-state index is 0.0875. The van der Waals surface area contributed by atoms with Gasteiger partial charge in [-0.2, -0.15) is 0 Å². The van der Waals surface area contributed by atoms with Crippen LogP contribution in [0.15, 0.2) is 0 Å². The van der Waals surface area contributed by atoms with Crippen molar-refractivity contribution >= 4 is 5.78 Å². The summed E-state index contributed by atoms with van der Waals surface area (Å²) >= 11 is 0. The van der Waals surface area contributed by atoms with Crippen molar-refractivity contribution in [1.82, 2.24) is 4.90 Å². The normalized spacial score (nSPS) is 33.7. The van der Waals surface area contributed by atoms with Gasteiger partial charge < -0.3 is 4.74 Å². The number of hydrogen-bond donors (Lipinski definition) is 0. The molecule has 1 saturated carbocycles. The van der Waals surface area contributed by atoms with Gasteiger partial charge in [0.15, 0.2) is 0 Å². The number of morpholine rings is 1. The Bertz CT molecular complexity index is 242. The van der Waals surface area contributed by atoms with Gasteiger partial charge in [0, 0.05) is 19.0 Å². The van der Waals surface area contributed by atoms with E-state index in [-0.39, 0.29) is 6.04 Å². The molecule has 1 heterocycles. The maximum absolute atomic E-state index is 11.7. The number of carbonyl (C=O) groups excluding carboxylic acids is 1. The molecule has 0 N–H and O–H groups in total. The first-order valence-electron chi connectivity index (χ1n) is 6.14. The highest BCUT2D eigenvalue weighted by atomic mass is 16.5. The molecule has 86 valence electrons. The Kier molecular flexibility index (Phi) is 3.42. The molecule has 15 heavy (non-hydrogen) atoms. The predicted molar refractivity (Wildman–Crippen MR) is 58.8 cm³/mol. The summed E-state index contributed by atoms with van der Waals surface area (Å²) in [4.78, 5) is 14.1. The van der Waals surface area contributed by atoms with Crippen LogP contribution in [0.5, 0.6) is 0 Å². The van der Waals surface area contributed by atoms with Crippen LogP contribution in [0.2, 0.25) is 0 Å². The quantitative estimate of drug-likeness (QED) is 0.710. The maximum Gasteiger partial charge on any atom is 0.149 e. The van der Waals surface area contributed by atoms with Gasteiger partial charge in [-0.3, -0.25) is 9.69 Å². The third kappa shape index (κ3) is 2.08. The van der Waals surface area contributed by atoms with E-state index in [1.807, 2.05) is 13.8 Å². The Morgan fingerprint density at radius 1 is 1.53 bits per heavy atom. The average molecular weight is 211 g/mol. The van der Waals surface area contributed by atoms with Crippen molar-refractivity contribution < 1.29 is 9.53 Å². The fourth-order valence-corrected chi connectivity index (χ4v) is 2.92. The van der Waals surface area contributed by atoms with Crippen molar-refractivity contribution in [3.8, 4) is 0 Å². The summed E-state index contributed by atoms with van der Waals surface area (Å²) in [7, 11) is 0. The van der Waals surface area contributed by atoms with E-state index in [4.69, 9.17) is 4.74 Å². The van der Waals surface area contributed by atoms with Crippen LogP contribution >= 0.6 is 0 Å². The molecule has 2 fully saturated rings. The lowest BCUT2D eigenvalue weighted by molar-refractivity contribution is -0.129. The molecule has 0 bridgehead atoms. The molecule has 2 aliphatic rings. The van der Waals surface area contributed by atoms with Crippen LogP contribution in [0.1, 0.15) is 39.5 Å². The predicted octanol–water partition coefficient (Wildman–Crippen LogP) is 1.61. The summed E-state index contributed by atoms with van der Waals surface area (Å²) in [6.07, 6.45) is 4.67. The van der Waals surface area contributed by atoms with E-state index < -0.39 is 0 Å². The summed E-state index contributed by atoms with van der Waals surface area (Å²) < 4.78 is 5.74. The van der Waals surface area contributed by atoms with Gasteiger partial charge >= 0.3 is 0 Å². The Balaban J connectivity index is 2.03. The zero-order valence-corrected chi connectivity index (χ0v) is 9.74. The third-order valence-electron chi connectivity index (χ3n) is 3.84. The summed E-state index contributed by atoms with van der Waals surface area (Å²) in [6.45, 7) is 5.72. The molecule has 0 aromatic carbocycles. The van der Waals surface area contributed by atoms with Crippen molar-refractivity contribution in [2.24, 2.45) is 0 Å². The fraction of sp³-hybridized carbons (Fsp3) is 0.917. The number of hydrogen-bond acceptors (Lipinski definition) is 3. The molecule has 0 aromatic heterocycles. The van der Waals surface area contributed by atoms with E-state index >= 15 is 0 Å². The van der Waals surface area contributed by atoms with Crippen molar-refractivity contribution in [2.75, 3.05) is 13.2 Å². The summed E-state index contributed by atoms with van der Waals surface area (Å²) in [5.74, 6) is 0.363. The highest BCUT2D eigenvalue weighted by Crippen LogP contribution is 2.31. The average Bonchev–Trinajstić information content (AvgIpc) is 2.74. The zero-order chi connectivity index (χ0) is 10.8. The number of Topliss-reactive ketones (excluding diaryl/α,β-unsaturated/α-hetero) is 1. The molecule has 1 aliphatic heterocycles. The standard InChI is InChI=1S/C12H21NO2/c1-3-11(14)9(2)13-7-8-15-12-6-4-5-10(12)13/h9-10,12H,3-8H2,1-2H3. The molecule has 3 nitrogen and oxygen atoms in total. The molecule has 0 spiro atoms. The largest absolute Gasteiger partial charge is 0.375 e. The molecule has 2 rings (SSSR count). The second-order valence-electron chi connectivity index (χ2n) is 4.64. The minimum atomic E-state index is 0.0875. The number of fused-ring (bicyclic) bond motifs is 1. The van der Waals surface area contributed by atoms with Crippen LogP contribution in [0.25, 0.3) is 0 Å². The molecule has 1 saturated heterocycles. The lowest BCUT2D eigenvalue weighted by Gasteiger charge is -2.40. The first-order chi connectivity index (χ1) is 7.24. The highest BCUT2D eigenvalue weighted by Gasteiger charge is 2.39. The van der Waals surface area contributed by atoms with E-state index in [9.17, 15) is 4.79 Å². The van der Waals surface area contributed by atoms with Crippen LogP contribution in [0.3, 0.4) is 0 Å². The molecule has 3 atom stereocenters. The lowest BCUT2D eigenvalue weighted by atomic mass is 10.0. The van der Waals surface area contributed by atoms with Gasteiger partial charge in [-0.05, 0) is 26.2 Å². The highest BCUT2D eigenvalue weighted by molar-refractivity contribution is 5.83. The van der Waals surface area contributed by atoms with Gasteiger partial charge in [-0.25, -0.2) is 0 Å². The Morgan fingerprint density at radius 3 is 3.07 bits per heavy atom. The van der Waals surface area contributed by atoms with Crippen LogP contribution in [-0.2, 0) is 9.53 Å². The van der Waals surface area contributed by atoms with Gasteiger partial charge in [0.1, 0.15) is 5.78 Å². The zero-order valence-electron chi connectivity index (χ0n) is 9.74. The van der Waals surface area contributed by atoms with Gasteiger partial charge in [0.05, 0.1) is 18.8 Å². The number of carbonyl (C=O) groups is 1. The molecule has 0 radical (unpaired) electrons. The molecule has 3 unspecified atom stereocenters. The van der Waals surface area contributed by atoms with Crippen LogP contribution in [0.4, 0.5) is 0 Å². The topological polar surface area (TPSA) is 29.5 Å². The van der Waals surface area contributed by atoms with E-state index in [0.717, 1.165) is 13.2 Å². The first-order valence-corrected chi connectivity index (χ1v) is 6.14. The van der Waals surface area contributed by atoms with Gasteiger partial charge in [-0.15, -0.1) is 0 Å². The number of rotatable bonds is 3. The molecule has 3 heteroatoms. The second kappa shape index (κ2) is 4.62. The molecule has 0 aromatic rings. The third-order valence-corrected chi connectivity index (χ3v) is 3.84. The SMILES string of the molecule is CCC(=O)C(C)N1CCOC2CCCC21. The maximum atomic E-state index is 11.7. The van der Waals surface area contributed by atoms with E-state index in [1.54, 1.807) is 0 Å². The Hall–Kier alpha value is -0.410. The fourth-order valence-electron chi connectivity index (χ4n) is 2.92. The molecular formula is C12H21NO2. The van der Waals surface area contributed by atoms with Gasteiger partial charge in [0.2, 0.25) is 0 Å². The number of nitrogens with zero attached hydrogens (tertiary/aromatic N) is 1. The minimum Gasteiger partial charge on any atom is -0.375 e. The van der Waals surface area contributed by atoms with Crippen LogP contribution in [-0.4, -0.2) is 42.0 Å². The molecule has 0 amide bonds. The smallest absolute Gasteiger partial charge is 0.149 e. The molecular weight excluding hydrogens is 190 g/mol. The monoisotopic (exact) mass is 211 g/mol. The van der Waals surface area contributed by atoms with Crippen molar-refractivity contribution in [3.05, 3.63) is 0 Å². The van der Waals surface area contributed by atoms with Crippen molar-refractivity contribution in [3.63, 3.8) is 0 Å². The van der Waals surface area contributed by atoms with Gasteiger partial charge in [-0.1, -0.05) is 6.92 Å². The van der Waals surface area contributed by atoms with Crippen molar-refractivity contribution in [2.45, 2.75) is 57.7 Å². The summed E-state index contributed by atoms with van der Waals surface area (Å²) in [5, 5.41) is 0. The first kappa shape index (κ1) is 11.1. The van der Waals surface area contributed by atoms with Crippen molar-refractivity contribution in [1.29, 1.82) is 0 Å². The molecule has 1 aliphatic carbocycles.